The largest absolute Gasteiger partial charge is 0.490 e. The Morgan fingerprint density at radius 1 is 1.48 bits per heavy atom. The van der Waals surface area contributed by atoms with Crippen LogP contribution in [0.3, 0.4) is 0 Å². The number of hydrogen-bond acceptors (Lipinski definition) is 5. The second kappa shape index (κ2) is 6.46. The van der Waals surface area contributed by atoms with E-state index in [0.29, 0.717) is 17.7 Å². The van der Waals surface area contributed by atoms with Crippen LogP contribution in [0.1, 0.15) is 36.2 Å². The summed E-state index contributed by atoms with van der Waals surface area (Å²) in [5.74, 6) is -0.760. The van der Waals surface area contributed by atoms with Crippen molar-refractivity contribution in [3.05, 3.63) is 23.0 Å². The van der Waals surface area contributed by atoms with Crippen molar-refractivity contribution >= 4 is 5.91 Å². The van der Waals surface area contributed by atoms with Gasteiger partial charge in [-0.1, -0.05) is 0 Å². The summed E-state index contributed by atoms with van der Waals surface area (Å²) in [6.07, 6.45) is -0.139. The lowest BCUT2D eigenvalue weighted by Crippen LogP contribution is -2.37. The maximum absolute atomic E-state index is 14.8. The zero-order valence-electron chi connectivity index (χ0n) is 15.0. The zero-order chi connectivity index (χ0) is 18.4. The summed E-state index contributed by atoms with van der Waals surface area (Å²) in [4.78, 5) is 14.5. The second-order valence-electron chi connectivity index (χ2n) is 7.27. The van der Waals surface area contributed by atoms with E-state index in [2.05, 4.69) is 0 Å². The molecule has 1 amide bonds. The van der Waals surface area contributed by atoms with Gasteiger partial charge in [-0.05, 0) is 38.8 Å². The summed E-state index contributed by atoms with van der Waals surface area (Å²) in [5, 5.41) is 9.86. The molecule has 0 unspecified atom stereocenters. The van der Waals surface area contributed by atoms with E-state index in [1.165, 1.54) is 6.07 Å². The van der Waals surface area contributed by atoms with Gasteiger partial charge in [0.2, 0.25) is 0 Å². The third-order valence-corrected chi connectivity index (χ3v) is 4.78. The van der Waals surface area contributed by atoms with Crippen LogP contribution < -0.4 is 9.47 Å². The van der Waals surface area contributed by atoms with Gasteiger partial charge < -0.3 is 24.2 Å². The highest BCUT2D eigenvalue weighted by molar-refractivity contribution is 6.00. The third kappa shape index (κ3) is 3.30. The van der Waals surface area contributed by atoms with Crippen LogP contribution in [-0.4, -0.2) is 60.5 Å². The lowest BCUT2D eigenvalue weighted by molar-refractivity contribution is -0.0158. The Morgan fingerprint density at radius 2 is 2.20 bits per heavy atom. The fourth-order valence-electron chi connectivity index (χ4n) is 3.12. The summed E-state index contributed by atoms with van der Waals surface area (Å²) in [7, 11) is 1.54. The summed E-state index contributed by atoms with van der Waals surface area (Å²) >= 11 is 0. The van der Waals surface area contributed by atoms with Crippen molar-refractivity contribution in [2.24, 2.45) is 0 Å². The maximum Gasteiger partial charge on any atom is 0.261 e. The number of hydrogen-bond donors (Lipinski definition) is 1. The highest BCUT2D eigenvalue weighted by Gasteiger charge is 2.41. The first-order chi connectivity index (χ1) is 11.7. The summed E-state index contributed by atoms with van der Waals surface area (Å²) in [5.41, 5.74) is -0.213. The molecule has 0 spiro atoms. The van der Waals surface area contributed by atoms with Crippen LogP contribution in [0.25, 0.3) is 0 Å². The number of amides is 1. The minimum Gasteiger partial charge on any atom is -0.490 e. The molecule has 0 bridgehead atoms. The van der Waals surface area contributed by atoms with Gasteiger partial charge in [-0.3, -0.25) is 4.79 Å². The summed E-state index contributed by atoms with van der Waals surface area (Å²) in [6.45, 7) is 5.78. The predicted octanol–water partition coefficient (Wildman–Crippen LogP) is 1.91. The molecule has 1 aromatic rings. The van der Waals surface area contributed by atoms with Gasteiger partial charge in [0.1, 0.15) is 24.5 Å². The topological polar surface area (TPSA) is 68.2 Å². The number of benzene rings is 1. The first-order valence-corrected chi connectivity index (χ1v) is 8.36. The van der Waals surface area contributed by atoms with Gasteiger partial charge in [0, 0.05) is 13.7 Å². The van der Waals surface area contributed by atoms with Gasteiger partial charge >= 0.3 is 0 Å². The molecule has 25 heavy (non-hydrogen) atoms. The van der Waals surface area contributed by atoms with Crippen molar-refractivity contribution < 1.29 is 28.5 Å². The molecular formula is C18H24FNO5. The Morgan fingerprint density at radius 3 is 2.88 bits per heavy atom. The first-order valence-electron chi connectivity index (χ1n) is 8.36. The van der Waals surface area contributed by atoms with Gasteiger partial charge in [-0.15, -0.1) is 0 Å². The van der Waals surface area contributed by atoms with Crippen molar-refractivity contribution in [2.45, 2.75) is 44.9 Å². The third-order valence-electron chi connectivity index (χ3n) is 4.78. The molecule has 1 fully saturated rings. The number of aryl methyl sites for hydroxylation is 1. The van der Waals surface area contributed by atoms with E-state index in [-0.39, 0.29) is 43.0 Å². The van der Waals surface area contributed by atoms with Crippen LogP contribution in [0, 0.1) is 12.7 Å². The van der Waals surface area contributed by atoms with Crippen molar-refractivity contribution in [1.29, 1.82) is 0 Å². The van der Waals surface area contributed by atoms with Gasteiger partial charge in [0.25, 0.3) is 5.91 Å². The van der Waals surface area contributed by atoms with Gasteiger partial charge in [0.05, 0.1) is 17.7 Å². The lowest BCUT2D eigenvalue weighted by atomic mass is 10.1. The molecule has 3 rings (SSSR count). The molecule has 0 saturated carbocycles. The minimum atomic E-state index is -0.635. The molecule has 1 N–H and O–H groups in total. The molecular weight excluding hydrogens is 329 g/mol. The Kier molecular flexibility index (Phi) is 4.64. The Hall–Kier alpha value is -1.86. The van der Waals surface area contributed by atoms with E-state index < -0.39 is 17.5 Å². The molecule has 0 radical (unpaired) electrons. The summed E-state index contributed by atoms with van der Waals surface area (Å²) < 4.78 is 31.5. The van der Waals surface area contributed by atoms with Gasteiger partial charge in [-0.2, -0.15) is 0 Å². The normalized spacial score (nSPS) is 23.0. The number of aliphatic hydroxyl groups excluding tert-OH is 1. The molecule has 1 aromatic carbocycles. The molecule has 2 aliphatic rings. The average Bonchev–Trinajstić information content (AvgIpc) is 2.89. The Balaban J connectivity index is 2.02. The van der Waals surface area contributed by atoms with Crippen LogP contribution in [0.2, 0.25) is 0 Å². The van der Waals surface area contributed by atoms with E-state index >= 15 is 0 Å². The van der Waals surface area contributed by atoms with Crippen molar-refractivity contribution in [3.8, 4) is 11.5 Å². The molecule has 6 nitrogen and oxygen atoms in total. The molecule has 1 saturated heterocycles. The lowest BCUT2D eigenvalue weighted by Gasteiger charge is -2.25. The number of aliphatic hydroxyl groups is 1. The monoisotopic (exact) mass is 353 g/mol. The highest BCUT2D eigenvalue weighted by Crippen LogP contribution is 2.39. The van der Waals surface area contributed by atoms with Crippen LogP contribution in [0.15, 0.2) is 6.07 Å². The minimum absolute atomic E-state index is 0.0756. The van der Waals surface area contributed by atoms with Crippen LogP contribution in [0.5, 0.6) is 11.5 Å². The predicted molar refractivity (Wildman–Crippen MR) is 88.7 cm³/mol. The van der Waals surface area contributed by atoms with Crippen molar-refractivity contribution in [2.75, 3.05) is 26.9 Å². The standard InChI is InChI=1S/C18H24FNO5/c1-10-5-13-14(16(15(10)19)25-9-18(2,3)23-4)17(22)20-7-12(21)6-11(20)8-24-13/h5,11-12,21H,6-9H2,1-4H3/t11-,12+/m1/s1. The first kappa shape index (κ1) is 17.9. The molecule has 2 atom stereocenters. The summed E-state index contributed by atoms with van der Waals surface area (Å²) in [6, 6.07) is 1.30. The number of halogens is 1. The van der Waals surface area contributed by atoms with Crippen molar-refractivity contribution in [3.63, 3.8) is 0 Å². The second-order valence-corrected chi connectivity index (χ2v) is 7.27. The fourth-order valence-corrected chi connectivity index (χ4v) is 3.12. The molecule has 2 aliphatic heterocycles. The van der Waals surface area contributed by atoms with E-state index in [4.69, 9.17) is 14.2 Å². The average molecular weight is 353 g/mol. The van der Waals surface area contributed by atoms with E-state index in [1.807, 2.05) is 13.8 Å². The molecule has 2 heterocycles. The van der Waals surface area contributed by atoms with Crippen molar-refractivity contribution in [1.82, 2.24) is 4.90 Å². The number of nitrogens with zero attached hydrogens (tertiary/aromatic N) is 1. The smallest absolute Gasteiger partial charge is 0.261 e. The van der Waals surface area contributed by atoms with Gasteiger partial charge in [0.15, 0.2) is 11.6 Å². The molecule has 138 valence electrons. The number of ether oxygens (including phenoxy) is 3. The quantitative estimate of drug-likeness (QED) is 0.896. The fraction of sp³-hybridized carbons (Fsp3) is 0.611. The van der Waals surface area contributed by atoms with Gasteiger partial charge in [-0.25, -0.2) is 4.39 Å². The number of methoxy groups -OCH3 is 1. The SMILES string of the molecule is COC(C)(C)COc1c(F)c(C)cc2c1C(=O)N1C[C@@H](O)C[C@@H]1CO2. The number of carbonyl (C=O) groups is 1. The van der Waals surface area contributed by atoms with E-state index in [1.54, 1.807) is 18.9 Å². The zero-order valence-corrected chi connectivity index (χ0v) is 15.0. The number of carbonyl (C=O) groups excluding carboxylic acids is 1. The number of rotatable bonds is 4. The maximum atomic E-state index is 14.8. The Labute approximate surface area is 146 Å². The molecule has 7 heteroatoms. The number of fused-ring (bicyclic) bond motifs is 2. The van der Waals surface area contributed by atoms with Crippen LogP contribution >= 0.6 is 0 Å². The van der Waals surface area contributed by atoms with E-state index in [0.717, 1.165) is 0 Å². The highest BCUT2D eigenvalue weighted by atomic mass is 19.1. The molecule has 0 aliphatic carbocycles. The van der Waals surface area contributed by atoms with E-state index in [9.17, 15) is 14.3 Å². The van der Waals surface area contributed by atoms with Crippen LogP contribution in [-0.2, 0) is 4.74 Å². The van der Waals surface area contributed by atoms with Crippen LogP contribution in [0.4, 0.5) is 4.39 Å². The molecule has 0 aromatic heterocycles. The Bertz CT molecular complexity index is 691.